The van der Waals surface area contributed by atoms with Crippen LogP contribution in [-0.2, 0) is 16.0 Å². The number of aliphatic hydroxyl groups excluding tert-OH is 1. The van der Waals surface area contributed by atoms with Gasteiger partial charge in [-0.15, -0.1) is 0 Å². The van der Waals surface area contributed by atoms with Gasteiger partial charge in [-0.25, -0.2) is 4.98 Å². The number of benzene rings is 2. The number of thiol groups is 1. The van der Waals surface area contributed by atoms with Crippen LogP contribution in [0.25, 0.3) is 11.0 Å². The van der Waals surface area contributed by atoms with E-state index in [1.165, 1.54) is 0 Å². The highest BCUT2D eigenvalue weighted by atomic mass is 32.1. The Kier molecular flexibility index (Phi) is 18.8. The molecule has 0 unspecified atom stereocenters. The van der Waals surface area contributed by atoms with Crippen molar-refractivity contribution in [2.75, 3.05) is 52.1 Å². The molecule has 0 aliphatic carbocycles. The van der Waals surface area contributed by atoms with Crippen LogP contribution in [0.2, 0.25) is 0 Å². The maximum Gasteiger partial charge on any atom is 0.272 e. The third-order valence-corrected chi connectivity index (χ3v) is 5.80. The second-order valence-corrected chi connectivity index (χ2v) is 8.93. The third-order valence-electron chi connectivity index (χ3n) is 5.80. The first kappa shape index (κ1) is 38.1. The predicted octanol–water partition coefficient (Wildman–Crippen LogP) is 5.98. The highest BCUT2D eigenvalue weighted by molar-refractivity contribution is 7.79. The molecule has 0 fully saturated rings. The predicted molar refractivity (Wildman–Crippen MR) is 184 cm³/mol. The number of aliphatic imine (C=N–C) groups is 1. The van der Waals surface area contributed by atoms with Crippen molar-refractivity contribution in [2.45, 2.75) is 40.5 Å². The highest BCUT2D eigenvalue weighted by Gasteiger charge is 2.16. The molecule has 44 heavy (non-hydrogen) atoms. The van der Waals surface area contributed by atoms with Gasteiger partial charge in [-0.1, -0.05) is 25.5 Å². The number of fused-ring (bicyclic) bond motifs is 1. The Hall–Kier alpha value is -3.93. The van der Waals surface area contributed by atoms with E-state index in [4.69, 9.17) is 19.6 Å². The molecule has 0 spiro atoms. The van der Waals surface area contributed by atoms with Crippen molar-refractivity contribution >= 4 is 46.7 Å². The second kappa shape index (κ2) is 21.7. The van der Waals surface area contributed by atoms with Crippen LogP contribution in [0, 0.1) is 0 Å². The van der Waals surface area contributed by atoms with Crippen LogP contribution in [0.3, 0.4) is 0 Å². The van der Waals surface area contributed by atoms with E-state index in [9.17, 15) is 9.90 Å². The molecule has 2 heterocycles. The highest BCUT2D eigenvalue weighted by Crippen LogP contribution is 2.28. The van der Waals surface area contributed by atoms with Crippen LogP contribution in [0.4, 0.5) is 11.4 Å². The number of aromatic nitrogens is 2. The number of anilines is 2. The molecule has 0 saturated heterocycles. The van der Waals surface area contributed by atoms with Gasteiger partial charge in [0.25, 0.3) is 5.91 Å². The minimum absolute atomic E-state index is 0.109. The summed E-state index contributed by atoms with van der Waals surface area (Å²) in [7, 11) is 3.30. The molecule has 0 bridgehead atoms. The average molecular weight is 626 g/mol. The van der Waals surface area contributed by atoms with Crippen molar-refractivity contribution < 1.29 is 24.5 Å². The molecule has 1 aromatic heterocycles. The summed E-state index contributed by atoms with van der Waals surface area (Å²) < 4.78 is 10.6. The molecular formula is C33H47N5O5S. The standard InChI is InChI=1S/C28H31N5O4.C2H6O.C2H6.CH4S/c1-4-37-11-10-33(2)28(35)27-13-19(6-5-9-29-27)12-22-18-30-25-8-7-20(16-26(25)32-22)31-21-14-23(34)17-24(15-21)36-3;1-2-3;2*1-2/h5,7-9,13-18,31,34H,4,6,10-12H2,1-3H3;3H,2H2,1H3;1-2H3;2H,1H3. The van der Waals surface area contributed by atoms with Crippen molar-refractivity contribution in [3.05, 3.63) is 72.2 Å². The number of aliphatic hydroxyl groups is 1. The molecule has 3 N–H and O–H groups in total. The van der Waals surface area contributed by atoms with Crippen molar-refractivity contribution in [3.63, 3.8) is 0 Å². The van der Waals surface area contributed by atoms with Crippen molar-refractivity contribution in [1.29, 1.82) is 0 Å². The van der Waals surface area contributed by atoms with Crippen LogP contribution in [0.1, 0.15) is 39.8 Å². The second-order valence-electron chi connectivity index (χ2n) is 8.93. The Morgan fingerprint density at radius 3 is 2.50 bits per heavy atom. The number of carbonyl (C=O) groups is 1. The number of hydrogen-bond donors (Lipinski definition) is 4. The normalized spacial score (nSPS) is 11.7. The molecular weight excluding hydrogens is 578 g/mol. The number of aromatic hydroxyl groups is 1. The summed E-state index contributed by atoms with van der Waals surface area (Å²) in [5.41, 5.74) is 5.21. The zero-order chi connectivity index (χ0) is 32.9. The van der Waals surface area contributed by atoms with Crippen LogP contribution in [-0.4, -0.2) is 83.5 Å². The van der Waals surface area contributed by atoms with E-state index < -0.39 is 0 Å². The van der Waals surface area contributed by atoms with E-state index in [2.05, 4.69) is 27.9 Å². The summed E-state index contributed by atoms with van der Waals surface area (Å²) in [6.45, 7) is 9.46. The van der Waals surface area contributed by atoms with E-state index in [0.717, 1.165) is 28.0 Å². The van der Waals surface area contributed by atoms with Gasteiger partial charge < -0.3 is 29.9 Å². The first-order chi connectivity index (χ1) is 21.4. The summed E-state index contributed by atoms with van der Waals surface area (Å²) >= 11 is 3.53. The fourth-order valence-corrected chi connectivity index (χ4v) is 3.90. The van der Waals surface area contributed by atoms with Crippen LogP contribution < -0.4 is 10.1 Å². The number of phenols is 1. The van der Waals surface area contributed by atoms with Crippen molar-refractivity contribution in [2.24, 2.45) is 4.99 Å². The van der Waals surface area contributed by atoms with E-state index in [0.29, 0.717) is 49.7 Å². The number of ether oxygens (including phenoxy) is 2. The first-order valence-corrected chi connectivity index (χ1v) is 15.5. The van der Waals surface area contributed by atoms with Gasteiger partial charge in [-0.05, 0) is 50.8 Å². The summed E-state index contributed by atoms with van der Waals surface area (Å²) in [5, 5.41) is 20.8. The van der Waals surface area contributed by atoms with Gasteiger partial charge in [0, 0.05) is 75.2 Å². The molecule has 0 atom stereocenters. The fourth-order valence-electron chi connectivity index (χ4n) is 3.90. The Morgan fingerprint density at radius 1 is 1.09 bits per heavy atom. The number of rotatable bonds is 10. The summed E-state index contributed by atoms with van der Waals surface area (Å²) in [6, 6.07) is 10.7. The largest absolute Gasteiger partial charge is 0.508 e. The van der Waals surface area contributed by atoms with Gasteiger partial charge in [-0.3, -0.25) is 14.8 Å². The molecule has 2 aromatic carbocycles. The lowest BCUT2D eigenvalue weighted by molar-refractivity contribution is -0.123. The molecule has 3 aromatic rings. The fraction of sp³-hybridized carbons (Fsp3) is 0.394. The maximum absolute atomic E-state index is 12.9. The number of carbonyl (C=O) groups excluding carboxylic acids is 1. The summed E-state index contributed by atoms with van der Waals surface area (Å²) in [5.74, 6) is 0.517. The molecule has 10 nitrogen and oxygen atoms in total. The van der Waals surface area contributed by atoms with E-state index in [-0.39, 0.29) is 18.3 Å². The third kappa shape index (κ3) is 12.7. The Bertz CT molecular complexity index is 1390. The van der Waals surface area contributed by atoms with Crippen molar-refractivity contribution in [3.8, 4) is 11.5 Å². The summed E-state index contributed by atoms with van der Waals surface area (Å²) in [6.07, 6.45) is 10.1. The Morgan fingerprint density at radius 2 is 1.82 bits per heavy atom. The molecule has 240 valence electrons. The minimum Gasteiger partial charge on any atom is -0.508 e. The molecule has 1 aliphatic rings. The van der Waals surface area contributed by atoms with Crippen molar-refractivity contribution in [1.82, 2.24) is 14.9 Å². The quantitative estimate of drug-likeness (QED) is 0.160. The van der Waals surface area contributed by atoms with Gasteiger partial charge >= 0.3 is 0 Å². The van der Waals surface area contributed by atoms with Crippen LogP contribution in [0.15, 0.2) is 71.5 Å². The van der Waals surface area contributed by atoms with Gasteiger partial charge in [0.2, 0.25) is 0 Å². The average Bonchev–Trinajstić information content (AvgIpc) is 3.28. The lowest BCUT2D eigenvalue weighted by Crippen LogP contribution is -2.35. The van der Waals surface area contributed by atoms with Gasteiger partial charge in [0.1, 0.15) is 17.2 Å². The molecule has 1 aliphatic heterocycles. The zero-order valence-electron chi connectivity index (χ0n) is 26.9. The Balaban J connectivity index is 0.00000128. The maximum atomic E-state index is 12.9. The number of phenolic OH excluding ortho intramolecular Hbond substituents is 1. The number of nitrogens with zero attached hydrogens (tertiary/aromatic N) is 4. The van der Waals surface area contributed by atoms with Gasteiger partial charge in [0.05, 0.1) is 30.4 Å². The number of methoxy groups -OCH3 is 1. The Labute approximate surface area is 267 Å². The lowest BCUT2D eigenvalue weighted by atomic mass is 10.0. The number of nitrogens with one attached hydrogen (secondary N) is 1. The lowest BCUT2D eigenvalue weighted by Gasteiger charge is -2.17. The monoisotopic (exact) mass is 625 g/mol. The van der Waals surface area contributed by atoms with Crippen LogP contribution >= 0.6 is 12.6 Å². The number of amides is 1. The molecule has 0 saturated carbocycles. The zero-order valence-corrected chi connectivity index (χ0v) is 27.8. The molecule has 4 rings (SSSR count). The SMILES string of the molecule is CC.CCO.CCOCCN(C)C(=O)C1=NC=CCC(Cc2cnc3ccc(Nc4cc(O)cc(OC)c4)cc3n2)=C1.CS. The molecule has 11 heteroatoms. The number of allylic oxidation sites excluding steroid dienone is 2. The van der Waals surface area contributed by atoms with E-state index in [1.54, 1.807) is 62.8 Å². The smallest absolute Gasteiger partial charge is 0.272 e. The molecule has 0 radical (unpaired) electrons. The topological polar surface area (TPSA) is 129 Å². The van der Waals surface area contributed by atoms with E-state index >= 15 is 0 Å². The van der Waals surface area contributed by atoms with Gasteiger partial charge in [0.15, 0.2) is 0 Å². The minimum atomic E-state index is -0.146. The van der Waals surface area contributed by atoms with E-state index in [1.807, 2.05) is 51.1 Å². The first-order valence-electron chi connectivity index (χ1n) is 14.6. The van der Waals surface area contributed by atoms with Gasteiger partial charge in [-0.2, -0.15) is 12.6 Å². The molecule has 1 amide bonds. The van der Waals surface area contributed by atoms with Crippen LogP contribution in [0.5, 0.6) is 11.5 Å². The number of likely N-dealkylation sites (N-methyl/N-ethyl adjacent to an activating group) is 1. The number of hydrogen-bond acceptors (Lipinski definition) is 10. The summed E-state index contributed by atoms with van der Waals surface area (Å²) in [4.78, 5) is 28.2.